The van der Waals surface area contributed by atoms with E-state index in [2.05, 4.69) is 20.8 Å². The number of amides is 1. The summed E-state index contributed by atoms with van der Waals surface area (Å²) in [4.78, 5) is 42.3. The van der Waals surface area contributed by atoms with E-state index in [0.29, 0.717) is 12.0 Å². The summed E-state index contributed by atoms with van der Waals surface area (Å²) in [7, 11) is -1.72. The van der Waals surface area contributed by atoms with Crippen molar-refractivity contribution in [3.8, 4) is 0 Å². The SMILES string of the molecule is CCOC(=O)C1(C(=O)OCC)C(O[SiH](C)C)C[C@@H](C(C)(C)C)CN1C(=O)c1ccccc1. The van der Waals surface area contributed by atoms with Crippen LogP contribution in [0.3, 0.4) is 0 Å². The van der Waals surface area contributed by atoms with Crippen LogP contribution >= 0.6 is 0 Å². The molecule has 0 radical (unpaired) electrons. The fraction of sp³-hybridized carbons (Fsp3) is 0.625. The zero-order valence-electron chi connectivity index (χ0n) is 20.3. The van der Waals surface area contributed by atoms with Gasteiger partial charge in [-0.05, 0) is 56.8 Å². The van der Waals surface area contributed by atoms with Crippen LogP contribution < -0.4 is 0 Å². The van der Waals surface area contributed by atoms with Crippen LogP contribution in [0.15, 0.2) is 30.3 Å². The Morgan fingerprint density at radius 3 is 2.00 bits per heavy atom. The van der Waals surface area contributed by atoms with Crippen LogP contribution in [0.4, 0.5) is 0 Å². The second-order valence-electron chi connectivity index (χ2n) is 9.46. The van der Waals surface area contributed by atoms with Crippen LogP contribution in [0.1, 0.15) is 51.4 Å². The van der Waals surface area contributed by atoms with Gasteiger partial charge in [0.25, 0.3) is 11.4 Å². The van der Waals surface area contributed by atoms with Crippen LogP contribution in [0.25, 0.3) is 0 Å². The quantitative estimate of drug-likeness (QED) is 0.350. The van der Waals surface area contributed by atoms with Crippen LogP contribution in [-0.4, -0.2) is 63.2 Å². The number of hydrogen-bond donors (Lipinski definition) is 0. The minimum atomic E-state index is -1.99. The highest BCUT2D eigenvalue weighted by molar-refractivity contribution is 6.48. The predicted molar refractivity (Wildman–Crippen MR) is 125 cm³/mol. The molecule has 1 amide bonds. The molecule has 1 aliphatic rings. The first-order chi connectivity index (χ1) is 15.0. The van der Waals surface area contributed by atoms with Gasteiger partial charge >= 0.3 is 11.9 Å². The fourth-order valence-electron chi connectivity index (χ4n) is 4.18. The lowest BCUT2D eigenvalue weighted by molar-refractivity contribution is -0.188. The Hall–Kier alpha value is -2.19. The van der Waals surface area contributed by atoms with Crippen molar-refractivity contribution in [2.45, 2.75) is 65.8 Å². The third kappa shape index (κ3) is 5.23. The molecule has 0 saturated carbocycles. The van der Waals surface area contributed by atoms with Crippen LogP contribution in [0, 0.1) is 11.3 Å². The normalized spacial score (nSPS) is 20.7. The maximum atomic E-state index is 13.8. The number of carbonyl (C=O) groups excluding carboxylic acids is 3. The molecule has 0 bridgehead atoms. The van der Waals surface area contributed by atoms with Crippen molar-refractivity contribution in [3.63, 3.8) is 0 Å². The van der Waals surface area contributed by atoms with Gasteiger partial charge in [-0.25, -0.2) is 9.59 Å². The number of rotatable bonds is 7. The molecule has 2 rings (SSSR count). The number of benzene rings is 1. The smallest absolute Gasteiger partial charge is 0.346 e. The summed E-state index contributed by atoms with van der Waals surface area (Å²) in [5.41, 5.74) is -1.77. The van der Waals surface area contributed by atoms with Gasteiger partial charge in [-0.3, -0.25) is 4.79 Å². The molecular formula is C24H37NO6Si. The largest absolute Gasteiger partial charge is 0.464 e. The number of carbonyl (C=O) groups is 3. The maximum absolute atomic E-state index is 13.8. The Balaban J connectivity index is 2.77. The highest BCUT2D eigenvalue weighted by Crippen LogP contribution is 2.43. The molecule has 1 aromatic carbocycles. The van der Waals surface area contributed by atoms with E-state index in [1.807, 2.05) is 19.2 Å². The van der Waals surface area contributed by atoms with E-state index < -0.39 is 38.5 Å². The number of nitrogens with zero attached hydrogens (tertiary/aromatic N) is 1. The van der Waals surface area contributed by atoms with Gasteiger partial charge in [0.05, 0.1) is 19.3 Å². The summed E-state index contributed by atoms with van der Waals surface area (Å²) in [5.74, 6) is -2.01. The van der Waals surface area contributed by atoms with Crippen molar-refractivity contribution in [1.29, 1.82) is 0 Å². The lowest BCUT2D eigenvalue weighted by atomic mass is 9.69. The van der Waals surface area contributed by atoms with Crippen molar-refractivity contribution < 1.29 is 28.3 Å². The van der Waals surface area contributed by atoms with E-state index in [-0.39, 0.29) is 31.1 Å². The highest BCUT2D eigenvalue weighted by atomic mass is 28.3. The third-order valence-corrected chi connectivity index (χ3v) is 6.77. The minimum Gasteiger partial charge on any atom is -0.464 e. The molecular weight excluding hydrogens is 426 g/mol. The second-order valence-corrected chi connectivity index (χ2v) is 11.8. The Bertz CT molecular complexity index is 786. The van der Waals surface area contributed by atoms with E-state index in [1.165, 1.54) is 4.90 Å². The molecule has 1 unspecified atom stereocenters. The summed E-state index contributed by atoms with van der Waals surface area (Å²) < 4.78 is 17.1. The summed E-state index contributed by atoms with van der Waals surface area (Å²) in [6, 6.07) is 8.67. The van der Waals surface area contributed by atoms with E-state index >= 15 is 0 Å². The predicted octanol–water partition coefficient (Wildman–Crippen LogP) is 3.43. The maximum Gasteiger partial charge on any atom is 0.346 e. The molecule has 8 heteroatoms. The molecule has 178 valence electrons. The third-order valence-electron chi connectivity index (χ3n) is 5.89. The molecule has 7 nitrogen and oxygen atoms in total. The van der Waals surface area contributed by atoms with Gasteiger partial charge in [0.1, 0.15) is 0 Å². The van der Waals surface area contributed by atoms with Crippen LogP contribution in [0.5, 0.6) is 0 Å². The van der Waals surface area contributed by atoms with E-state index in [0.717, 1.165) is 0 Å². The molecule has 1 fully saturated rings. The van der Waals surface area contributed by atoms with Gasteiger partial charge in [-0.15, -0.1) is 0 Å². The zero-order chi connectivity index (χ0) is 24.1. The Labute approximate surface area is 193 Å². The average molecular weight is 464 g/mol. The summed E-state index contributed by atoms with van der Waals surface area (Å²) in [6.45, 7) is 13.9. The van der Waals surface area contributed by atoms with Gasteiger partial charge < -0.3 is 18.8 Å². The first-order valence-electron chi connectivity index (χ1n) is 11.4. The molecule has 1 saturated heterocycles. The van der Waals surface area contributed by atoms with E-state index in [9.17, 15) is 14.4 Å². The lowest BCUT2D eigenvalue weighted by Crippen LogP contribution is -2.74. The first-order valence-corrected chi connectivity index (χ1v) is 14.1. The molecule has 2 atom stereocenters. The number of likely N-dealkylation sites (tertiary alicyclic amines) is 1. The molecule has 32 heavy (non-hydrogen) atoms. The lowest BCUT2D eigenvalue weighted by Gasteiger charge is -2.52. The van der Waals surface area contributed by atoms with Gasteiger partial charge in [0.15, 0.2) is 9.04 Å². The van der Waals surface area contributed by atoms with Gasteiger partial charge in [0.2, 0.25) is 0 Å². The van der Waals surface area contributed by atoms with Crippen molar-refractivity contribution in [3.05, 3.63) is 35.9 Å². The minimum absolute atomic E-state index is 0.00453. The van der Waals surface area contributed by atoms with E-state index in [4.69, 9.17) is 13.9 Å². The second kappa shape index (κ2) is 10.6. The molecule has 1 aliphatic heterocycles. The van der Waals surface area contributed by atoms with Crippen molar-refractivity contribution in [2.24, 2.45) is 11.3 Å². The molecule has 1 aromatic rings. The molecule has 0 N–H and O–H groups in total. The summed E-state index contributed by atoms with van der Waals surface area (Å²) in [6.07, 6.45) is -0.400. The number of hydrogen-bond acceptors (Lipinski definition) is 6. The molecule has 0 aromatic heterocycles. The van der Waals surface area contributed by atoms with Crippen LogP contribution in [0.2, 0.25) is 13.1 Å². The van der Waals surface area contributed by atoms with Crippen molar-refractivity contribution >= 4 is 26.9 Å². The molecule has 0 spiro atoms. The summed E-state index contributed by atoms with van der Waals surface area (Å²) >= 11 is 0. The molecule has 0 aliphatic carbocycles. The fourth-order valence-corrected chi connectivity index (χ4v) is 5.15. The van der Waals surface area contributed by atoms with Crippen molar-refractivity contribution in [1.82, 2.24) is 4.90 Å². The van der Waals surface area contributed by atoms with E-state index in [1.54, 1.807) is 38.1 Å². The standard InChI is InChI=1S/C24H37NO6Si/c1-8-29-21(27)24(22(28)30-9-2)19(31-32(6)7)15-18(23(3,4)5)16-25(24)20(26)17-13-11-10-12-14-17/h10-14,18-19,32H,8-9,15-16H2,1-7H3/t18-,19?/m1/s1. The van der Waals surface area contributed by atoms with Gasteiger partial charge in [-0.1, -0.05) is 39.0 Å². The number of esters is 2. The Kier molecular flexibility index (Phi) is 8.65. The average Bonchev–Trinajstić information content (AvgIpc) is 2.72. The number of piperidine rings is 1. The van der Waals surface area contributed by atoms with Crippen LogP contribution in [-0.2, 0) is 23.5 Å². The topological polar surface area (TPSA) is 82.1 Å². The van der Waals surface area contributed by atoms with Crippen molar-refractivity contribution in [2.75, 3.05) is 19.8 Å². The highest BCUT2D eigenvalue weighted by Gasteiger charge is 2.65. The Morgan fingerprint density at radius 1 is 1.03 bits per heavy atom. The zero-order valence-corrected chi connectivity index (χ0v) is 21.5. The molecule has 1 heterocycles. The summed E-state index contributed by atoms with van der Waals surface area (Å²) in [5, 5.41) is 0. The van der Waals surface area contributed by atoms with Gasteiger partial charge in [-0.2, -0.15) is 0 Å². The Morgan fingerprint density at radius 2 is 1.56 bits per heavy atom. The first kappa shape index (κ1) is 26.1. The monoisotopic (exact) mass is 463 g/mol. The number of ether oxygens (including phenoxy) is 2. The van der Waals surface area contributed by atoms with Gasteiger partial charge in [0, 0.05) is 12.1 Å².